The normalized spacial score (nSPS) is 10.0. The molecular weight excluding hydrogens is 284 g/mol. The summed E-state index contributed by atoms with van der Waals surface area (Å²) in [5.74, 6) is 6.84. The van der Waals surface area contributed by atoms with Crippen molar-refractivity contribution in [2.24, 2.45) is 0 Å². The van der Waals surface area contributed by atoms with E-state index in [0.717, 1.165) is 21.8 Å². The number of rotatable bonds is 6. The minimum atomic E-state index is 0.0977. The Morgan fingerprint density at radius 3 is 2.67 bits per heavy atom. The molecule has 1 aromatic carbocycles. The van der Waals surface area contributed by atoms with Gasteiger partial charge in [-0.05, 0) is 29.1 Å². The van der Waals surface area contributed by atoms with Crippen LogP contribution in [0.15, 0.2) is 35.7 Å². The van der Waals surface area contributed by atoms with Gasteiger partial charge in [-0.15, -0.1) is 11.3 Å². The van der Waals surface area contributed by atoms with E-state index in [0.29, 0.717) is 19.6 Å². The van der Waals surface area contributed by atoms with E-state index in [9.17, 15) is 0 Å². The van der Waals surface area contributed by atoms with Crippen molar-refractivity contribution in [1.82, 2.24) is 0 Å². The van der Waals surface area contributed by atoms with E-state index in [1.165, 1.54) is 0 Å². The van der Waals surface area contributed by atoms with Gasteiger partial charge in [0.05, 0.1) is 26.9 Å². The van der Waals surface area contributed by atoms with Gasteiger partial charge >= 0.3 is 0 Å². The van der Waals surface area contributed by atoms with Gasteiger partial charge in [-0.25, -0.2) is 0 Å². The van der Waals surface area contributed by atoms with Crippen molar-refractivity contribution in [3.05, 3.63) is 51.7 Å². The summed E-state index contributed by atoms with van der Waals surface area (Å²) in [6.07, 6.45) is 0.502. The average Bonchev–Trinajstić information content (AvgIpc) is 2.96. The quantitative estimate of drug-likeness (QED) is 0.833. The first kappa shape index (κ1) is 15.6. The Labute approximate surface area is 129 Å². The van der Waals surface area contributed by atoms with Crippen LogP contribution in [0.25, 0.3) is 0 Å². The predicted octanol–water partition coefficient (Wildman–Crippen LogP) is 3.21. The molecule has 110 valence electrons. The van der Waals surface area contributed by atoms with Crippen LogP contribution < -0.4 is 4.74 Å². The fraction of sp³-hybridized carbons (Fsp3) is 0.294. The molecule has 0 amide bonds. The predicted molar refractivity (Wildman–Crippen MR) is 84.4 cm³/mol. The molecule has 4 heteroatoms. The maximum absolute atomic E-state index is 8.74. The third kappa shape index (κ3) is 4.91. The number of aliphatic hydroxyl groups is 1. The zero-order chi connectivity index (χ0) is 14.9. The zero-order valence-electron chi connectivity index (χ0n) is 12.0. The van der Waals surface area contributed by atoms with Crippen molar-refractivity contribution in [3.63, 3.8) is 0 Å². The lowest BCUT2D eigenvalue weighted by atomic mass is 10.2. The summed E-state index contributed by atoms with van der Waals surface area (Å²) in [4.78, 5) is 1.12. The largest absolute Gasteiger partial charge is 0.497 e. The number of methoxy groups -OCH3 is 1. The van der Waals surface area contributed by atoms with Gasteiger partial charge in [-0.3, -0.25) is 0 Å². The monoisotopic (exact) mass is 302 g/mol. The molecule has 0 aliphatic heterocycles. The highest BCUT2D eigenvalue weighted by Crippen LogP contribution is 2.18. The number of ether oxygens (including phenoxy) is 2. The summed E-state index contributed by atoms with van der Waals surface area (Å²) >= 11 is 1.64. The number of hydrogen-bond donors (Lipinski definition) is 1. The highest BCUT2D eigenvalue weighted by molar-refractivity contribution is 7.10. The summed E-state index contributed by atoms with van der Waals surface area (Å²) < 4.78 is 10.9. The molecule has 2 aromatic rings. The Balaban J connectivity index is 1.86. The maximum Gasteiger partial charge on any atom is 0.118 e. The zero-order valence-corrected chi connectivity index (χ0v) is 12.8. The summed E-state index contributed by atoms with van der Waals surface area (Å²) in [7, 11) is 1.65. The highest BCUT2D eigenvalue weighted by Gasteiger charge is 2.02. The molecule has 0 aliphatic carbocycles. The molecular formula is C17H18O3S. The number of thiophene rings is 1. The van der Waals surface area contributed by atoms with Crippen molar-refractivity contribution >= 4 is 11.3 Å². The minimum absolute atomic E-state index is 0.0977. The lowest BCUT2D eigenvalue weighted by molar-refractivity contribution is 0.109. The number of hydrogen-bond acceptors (Lipinski definition) is 4. The molecule has 3 nitrogen and oxygen atoms in total. The SMILES string of the molecule is COc1ccc(COCc2sccc2C#CCCO)cc1. The first-order chi connectivity index (χ1) is 10.3. The molecule has 0 spiro atoms. The lowest BCUT2D eigenvalue weighted by Crippen LogP contribution is -1.94. The van der Waals surface area contributed by atoms with Crippen molar-refractivity contribution in [2.45, 2.75) is 19.6 Å². The average molecular weight is 302 g/mol. The Morgan fingerprint density at radius 1 is 1.14 bits per heavy atom. The van der Waals surface area contributed by atoms with Crippen molar-refractivity contribution in [3.8, 4) is 17.6 Å². The fourth-order valence-electron chi connectivity index (χ4n) is 1.76. The molecule has 0 radical (unpaired) electrons. The molecule has 2 rings (SSSR count). The van der Waals surface area contributed by atoms with Crippen LogP contribution in [0.1, 0.15) is 22.4 Å². The second kappa shape index (κ2) is 8.48. The summed E-state index contributed by atoms with van der Waals surface area (Å²) in [5.41, 5.74) is 2.10. The standard InChI is InChI=1S/C17H18O3S/c1-19-16-7-5-14(6-8-16)12-20-13-17-15(9-11-21-17)4-2-3-10-18/h5-9,11,18H,3,10,12-13H2,1H3. The summed E-state index contributed by atoms with van der Waals surface area (Å²) in [6, 6.07) is 9.83. The van der Waals surface area contributed by atoms with Crippen LogP contribution in [0.3, 0.4) is 0 Å². The van der Waals surface area contributed by atoms with Crippen molar-refractivity contribution in [2.75, 3.05) is 13.7 Å². The van der Waals surface area contributed by atoms with Gasteiger partial charge in [0.1, 0.15) is 5.75 Å². The Bertz CT molecular complexity index is 605. The van der Waals surface area contributed by atoms with Gasteiger partial charge in [0, 0.05) is 16.9 Å². The van der Waals surface area contributed by atoms with E-state index in [4.69, 9.17) is 14.6 Å². The number of aliphatic hydroxyl groups excluding tert-OH is 1. The van der Waals surface area contributed by atoms with Crippen LogP contribution in [0.5, 0.6) is 5.75 Å². The maximum atomic E-state index is 8.74. The van der Waals surface area contributed by atoms with Gasteiger partial charge in [0.2, 0.25) is 0 Å². The summed E-state index contributed by atoms with van der Waals surface area (Å²) in [5, 5.41) is 10.7. The van der Waals surface area contributed by atoms with Gasteiger partial charge in [-0.2, -0.15) is 0 Å². The lowest BCUT2D eigenvalue weighted by Gasteiger charge is -2.05. The molecule has 21 heavy (non-hydrogen) atoms. The summed E-state index contributed by atoms with van der Waals surface area (Å²) in [6.45, 7) is 1.21. The molecule has 0 aliphatic rings. The Kier molecular flexibility index (Phi) is 6.29. The molecule has 1 N–H and O–H groups in total. The van der Waals surface area contributed by atoms with Crippen molar-refractivity contribution < 1.29 is 14.6 Å². The first-order valence-corrected chi connectivity index (χ1v) is 7.58. The van der Waals surface area contributed by atoms with Gasteiger partial charge < -0.3 is 14.6 Å². The van der Waals surface area contributed by atoms with E-state index in [-0.39, 0.29) is 6.61 Å². The Hall–Kier alpha value is -1.80. The molecule has 1 heterocycles. The fourth-order valence-corrected chi connectivity index (χ4v) is 2.53. The van der Waals surface area contributed by atoms with Crippen LogP contribution in [-0.4, -0.2) is 18.8 Å². The van der Waals surface area contributed by atoms with Crippen LogP contribution in [0.2, 0.25) is 0 Å². The molecule has 1 aromatic heterocycles. The highest BCUT2D eigenvalue weighted by atomic mass is 32.1. The third-order valence-corrected chi connectivity index (χ3v) is 3.76. The van der Waals surface area contributed by atoms with Crippen LogP contribution in [0.4, 0.5) is 0 Å². The molecule has 0 bridgehead atoms. The molecule has 0 atom stereocenters. The van der Waals surface area contributed by atoms with Crippen LogP contribution >= 0.6 is 11.3 Å². The second-order valence-corrected chi connectivity index (χ2v) is 5.37. The third-order valence-electron chi connectivity index (χ3n) is 2.87. The molecule has 0 saturated heterocycles. The molecule has 0 unspecified atom stereocenters. The smallest absolute Gasteiger partial charge is 0.118 e. The van der Waals surface area contributed by atoms with E-state index < -0.39 is 0 Å². The van der Waals surface area contributed by atoms with Gasteiger partial charge in [0.25, 0.3) is 0 Å². The van der Waals surface area contributed by atoms with Crippen LogP contribution in [-0.2, 0) is 18.0 Å². The van der Waals surface area contributed by atoms with E-state index in [1.54, 1.807) is 18.4 Å². The topological polar surface area (TPSA) is 38.7 Å². The number of benzene rings is 1. The van der Waals surface area contributed by atoms with Crippen LogP contribution in [0, 0.1) is 11.8 Å². The van der Waals surface area contributed by atoms with Crippen molar-refractivity contribution in [1.29, 1.82) is 0 Å². The van der Waals surface area contributed by atoms with E-state index in [2.05, 4.69) is 11.8 Å². The Morgan fingerprint density at radius 2 is 1.95 bits per heavy atom. The minimum Gasteiger partial charge on any atom is -0.497 e. The first-order valence-electron chi connectivity index (χ1n) is 6.70. The van der Waals surface area contributed by atoms with E-state index >= 15 is 0 Å². The van der Waals surface area contributed by atoms with Gasteiger partial charge in [0.15, 0.2) is 0 Å². The van der Waals surface area contributed by atoms with Gasteiger partial charge in [-0.1, -0.05) is 24.0 Å². The molecule has 0 saturated carbocycles. The second-order valence-electron chi connectivity index (χ2n) is 4.37. The van der Waals surface area contributed by atoms with E-state index in [1.807, 2.05) is 35.7 Å². The molecule has 0 fully saturated rings.